The molecule has 10 nitrogen and oxygen atoms in total. The number of carbonyl (C=O) groups excluding carboxylic acids is 4. The maximum absolute atomic E-state index is 14.4. The van der Waals surface area contributed by atoms with Crippen LogP contribution >= 0.6 is 11.6 Å². The van der Waals surface area contributed by atoms with Gasteiger partial charge in [-0.05, 0) is 86.5 Å². The molecule has 2 aliphatic heterocycles. The number of halogens is 1. The molecule has 0 bridgehead atoms. The summed E-state index contributed by atoms with van der Waals surface area (Å²) in [5, 5.41) is 8.76. The van der Waals surface area contributed by atoms with Gasteiger partial charge in [0.2, 0.25) is 11.8 Å². The molecule has 3 unspecified atom stereocenters. The number of rotatable bonds is 12. The number of likely N-dealkylation sites (tertiary alicyclic amines) is 2. The second-order valence-electron chi connectivity index (χ2n) is 14.6. The molecule has 4 N–H and O–H groups in total. The zero-order valence-electron chi connectivity index (χ0n) is 29.6. The van der Waals surface area contributed by atoms with E-state index in [1.54, 1.807) is 18.0 Å². The summed E-state index contributed by atoms with van der Waals surface area (Å²) in [6, 6.07) is 23.5. The van der Waals surface area contributed by atoms with E-state index in [0.29, 0.717) is 43.2 Å². The number of likely N-dealkylation sites (N-methyl/N-ethyl adjacent to an activating group) is 1. The number of piperidine rings is 1. The Kier molecular flexibility index (Phi) is 10.2. The van der Waals surface area contributed by atoms with E-state index in [1.807, 2.05) is 72.6 Å². The van der Waals surface area contributed by atoms with E-state index in [4.69, 9.17) is 11.6 Å². The number of hydrogen-bond donors (Lipinski definition) is 4. The van der Waals surface area contributed by atoms with Crippen molar-refractivity contribution in [2.75, 3.05) is 39.8 Å². The molecule has 0 radical (unpaired) electrons. The van der Waals surface area contributed by atoms with Gasteiger partial charge in [0.1, 0.15) is 17.5 Å². The molecule has 52 heavy (non-hydrogen) atoms. The van der Waals surface area contributed by atoms with Gasteiger partial charge in [-0.25, -0.2) is 0 Å². The molecular weight excluding hydrogens is 676 g/mol. The molecular formula is C41H45ClN6O4. The number of aldehydes is 1. The third-order valence-electron chi connectivity index (χ3n) is 11.0. The highest BCUT2D eigenvalue weighted by molar-refractivity contribution is 6.31. The lowest BCUT2D eigenvalue weighted by Crippen LogP contribution is -2.60. The largest absolute Gasteiger partial charge is 0.361 e. The van der Waals surface area contributed by atoms with Crippen LogP contribution in [0, 0.1) is 24.7 Å². The summed E-state index contributed by atoms with van der Waals surface area (Å²) in [5.41, 5.74) is 4.25. The van der Waals surface area contributed by atoms with Gasteiger partial charge in [0.25, 0.3) is 5.91 Å². The van der Waals surface area contributed by atoms with E-state index >= 15 is 0 Å². The normalized spacial score (nSPS) is 19.8. The first-order valence-electron chi connectivity index (χ1n) is 18.0. The first kappa shape index (κ1) is 35.5. The van der Waals surface area contributed by atoms with Crippen LogP contribution in [-0.2, 0) is 27.2 Å². The number of H-pyrrole nitrogens is 2. The fraction of sp³-hybridized carbons (Fsp3) is 0.366. The molecule has 4 heterocycles. The summed E-state index contributed by atoms with van der Waals surface area (Å²) in [6.45, 7) is 3.73. The molecule has 3 aromatic carbocycles. The zero-order chi connectivity index (χ0) is 36.4. The van der Waals surface area contributed by atoms with Crippen molar-refractivity contribution in [3.63, 3.8) is 0 Å². The third kappa shape index (κ3) is 7.36. The van der Waals surface area contributed by atoms with Crippen LogP contribution in [0.5, 0.6) is 0 Å². The molecule has 0 spiro atoms. The number of aryl methyl sites for hydroxylation is 2. The minimum atomic E-state index is -1.12. The van der Waals surface area contributed by atoms with Gasteiger partial charge < -0.3 is 35.2 Å². The van der Waals surface area contributed by atoms with Crippen LogP contribution in [0.4, 0.5) is 0 Å². The Morgan fingerprint density at radius 1 is 0.962 bits per heavy atom. The van der Waals surface area contributed by atoms with Crippen LogP contribution in [0.25, 0.3) is 21.8 Å². The highest BCUT2D eigenvalue weighted by Crippen LogP contribution is 2.37. The SMILES string of the molecule is CNC[C@@](C=O)(CCCc1ccccc1)NC(=O)C1CN(C(=O)Cc2c[nH]c3cc(Cl)ccc23)CC2CN(C(=O)c3cc4cc(C)ccc4[nH]3)CC21. The van der Waals surface area contributed by atoms with Gasteiger partial charge in [-0.3, -0.25) is 14.4 Å². The van der Waals surface area contributed by atoms with Gasteiger partial charge in [-0.2, -0.15) is 0 Å². The molecule has 5 aromatic rings. The Hall–Kier alpha value is -4.93. The van der Waals surface area contributed by atoms with Crippen molar-refractivity contribution in [3.05, 3.63) is 106 Å². The summed E-state index contributed by atoms with van der Waals surface area (Å²) < 4.78 is 0. The van der Waals surface area contributed by atoms with Crippen molar-refractivity contribution < 1.29 is 19.2 Å². The van der Waals surface area contributed by atoms with Gasteiger partial charge in [-0.1, -0.05) is 59.6 Å². The van der Waals surface area contributed by atoms with Gasteiger partial charge in [0.15, 0.2) is 0 Å². The number of amides is 3. The minimum absolute atomic E-state index is 0.0948. The van der Waals surface area contributed by atoms with Gasteiger partial charge >= 0.3 is 0 Å². The van der Waals surface area contributed by atoms with Crippen LogP contribution in [0.2, 0.25) is 5.02 Å². The van der Waals surface area contributed by atoms with Crippen molar-refractivity contribution in [1.82, 2.24) is 30.4 Å². The fourth-order valence-corrected chi connectivity index (χ4v) is 8.44. The summed E-state index contributed by atoms with van der Waals surface area (Å²) in [7, 11) is 1.77. The number of nitrogens with one attached hydrogen (secondary N) is 4. The maximum atomic E-state index is 14.4. The van der Waals surface area contributed by atoms with E-state index in [0.717, 1.165) is 45.6 Å². The van der Waals surface area contributed by atoms with E-state index in [9.17, 15) is 19.2 Å². The quantitative estimate of drug-likeness (QED) is 0.130. The predicted octanol–water partition coefficient (Wildman–Crippen LogP) is 5.30. The number of benzene rings is 3. The lowest BCUT2D eigenvalue weighted by molar-refractivity contribution is -0.140. The van der Waals surface area contributed by atoms with E-state index in [-0.39, 0.29) is 49.1 Å². The molecule has 11 heteroatoms. The number of carbonyl (C=O) groups is 4. The average Bonchev–Trinajstić information content (AvgIpc) is 3.88. The van der Waals surface area contributed by atoms with E-state index in [1.165, 1.54) is 5.56 Å². The smallest absolute Gasteiger partial charge is 0.270 e. The number of hydrogen-bond acceptors (Lipinski definition) is 5. The summed E-state index contributed by atoms with van der Waals surface area (Å²) in [5.74, 6) is -1.40. The fourth-order valence-electron chi connectivity index (χ4n) is 8.27. The number of aromatic nitrogens is 2. The Morgan fingerprint density at radius 2 is 1.77 bits per heavy atom. The van der Waals surface area contributed by atoms with Crippen molar-refractivity contribution >= 4 is 57.4 Å². The second kappa shape index (κ2) is 15.0. The van der Waals surface area contributed by atoms with Crippen molar-refractivity contribution in [2.24, 2.45) is 17.8 Å². The summed E-state index contributed by atoms with van der Waals surface area (Å²) in [4.78, 5) is 65.3. The van der Waals surface area contributed by atoms with Crippen molar-refractivity contribution in [2.45, 2.75) is 38.1 Å². The molecule has 0 aliphatic carbocycles. The zero-order valence-corrected chi connectivity index (χ0v) is 30.3. The topological polar surface area (TPSA) is 130 Å². The predicted molar refractivity (Wildman–Crippen MR) is 203 cm³/mol. The lowest BCUT2D eigenvalue weighted by atomic mass is 9.78. The molecule has 2 fully saturated rings. The number of nitrogens with zero attached hydrogens (tertiary/aromatic N) is 2. The highest BCUT2D eigenvalue weighted by Gasteiger charge is 2.49. The van der Waals surface area contributed by atoms with Crippen molar-refractivity contribution in [1.29, 1.82) is 0 Å². The van der Waals surface area contributed by atoms with E-state index in [2.05, 4.69) is 32.7 Å². The van der Waals surface area contributed by atoms with Crippen LogP contribution in [0.3, 0.4) is 0 Å². The second-order valence-corrected chi connectivity index (χ2v) is 15.1. The molecule has 7 rings (SSSR count). The molecule has 2 saturated heterocycles. The Bertz CT molecular complexity index is 2110. The Labute approximate surface area is 308 Å². The first-order chi connectivity index (χ1) is 25.1. The molecule has 2 aliphatic rings. The summed E-state index contributed by atoms with van der Waals surface area (Å²) in [6.07, 6.45) is 4.77. The molecule has 3 amide bonds. The molecule has 270 valence electrons. The monoisotopic (exact) mass is 720 g/mol. The number of aromatic amines is 2. The average molecular weight is 721 g/mol. The standard InChI is InChI=1S/C41H45ClN6O4/c1-26-10-13-35-28(15-26)16-37(45-35)40(52)48-21-30-20-47(38(50)17-29-19-44-36-18-31(42)11-12-32(29)36)23-34(33(30)22-48)39(51)46-41(25-49,24-43-2)14-6-9-27-7-4-3-5-8-27/h3-5,7-8,10-13,15-16,18-19,25,30,33-34,43-45H,6,9,14,17,20-24H2,1-2H3,(H,46,51)/t30?,33?,34?,41-/m1/s1. The van der Waals surface area contributed by atoms with Crippen LogP contribution in [0.1, 0.15) is 40.0 Å². The Morgan fingerprint density at radius 3 is 2.56 bits per heavy atom. The first-order valence-corrected chi connectivity index (χ1v) is 18.4. The van der Waals surface area contributed by atoms with Crippen LogP contribution in [-0.4, -0.2) is 89.1 Å². The van der Waals surface area contributed by atoms with Gasteiger partial charge in [-0.15, -0.1) is 0 Å². The molecule has 4 atom stereocenters. The molecule has 2 aromatic heterocycles. The highest BCUT2D eigenvalue weighted by atomic mass is 35.5. The van der Waals surface area contributed by atoms with Crippen LogP contribution < -0.4 is 10.6 Å². The minimum Gasteiger partial charge on any atom is -0.361 e. The lowest BCUT2D eigenvalue weighted by Gasteiger charge is -2.41. The van der Waals surface area contributed by atoms with E-state index < -0.39 is 11.5 Å². The molecule has 0 saturated carbocycles. The third-order valence-corrected chi connectivity index (χ3v) is 11.2. The Balaban J connectivity index is 1.13. The van der Waals surface area contributed by atoms with Crippen LogP contribution in [0.15, 0.2) is 79.0 Å². The van der Waals surface area contributed by atoms with Gasteiger partial charge in [0.05, 0.1) is 12.3 Å². The van der Waals surface area contributed by atoms with Gasteiger partial charge in [0, 0.05) is 65.7 Å². The van der Waals surface area contributed by atoms with Crippen molar-refractivity contribution in [3.8, 4) is 0 Å². The summed E-state index contributed by atoms with van der Waals surface area (Å²) >= 11 is 6.20. The maximum Gasteiger partial charge on any atom is 0.270 e. The number of fused-ring (bicyclic) bond motifs is 3.